The maximum atomic E-state index is 12.1. The van der Waals surface area contributed by atoms with Gasteiger partial charge in [0.1, 0.15) is 11.2 Å². The number of nitrogens with zero attached hydrogens (tertiary/aromatic N) is 4. The summed E-state index contributed by atoms with van der Waals surface area (Å²) in [5.74, 6) is 0.101. The molecule has 1 aromatic rings. The van der Waals surface area contributed by atoms with Gasteiger partial charge in [0.25, 0.3) is 0 Å². The standard InChI is InChI=1S/C18H23ClN2O2.C11H18N2O2/c1-17(2,3)23-16(22)21-10-8-18(13-20,9-11-21)12-14-4-6-15(19)7-5-14;1-11(2,3)15-10(14)13-6-4-9(8-12)5-7-13/h4-7H,8-12H2,1-3H3;9H,4-7H2,1-3H3. The molecule has 1 aromatic carbocycles. The van der Waals surface area contributed by atoms with Gasteiger partial charge in [-0.2, -0.15) is 10.5 Å². The predicted octanol–water partition coefficient (Wildman–Crippen LogP) is 6.58. The van der Waals surface area contributed by atoms with E-state index in [1.165, 1.54) is 0 Å². The van der Waals surface area contributed by atoms with Crippen molar-refractivity contribution in [1.82, 2.24) is 9.80 Å². The zero-order valence-electron chi connectivity index (χ0n) is 23.6. The highest BCUT2D eigenvalue weighted by atomic mass is 35.5. The first-order chi connectivity index (χ1) is 17.6. The smallest absolute Gasteiger partial charge is 0.410 e. The van der Waals surface area contributed by atoms with Crippen LogP contribution in [0.3, 0.4) is 0 Å². The molecule has 0 atom stereocenters. The summed E-state index contributed by atoms with van der Waals surface area (Å²) >= 11 is 5.91. The Labute approximate surface area is 232 Å². The molecule has 38 heavy (non-hydrogen) atoms. The number of piperidine rings is 2. The van der Waals surface area contributed by atoms with Gasteiger partial charge in [0, 0.05) is 37.1 Å². The normalized spacial score (nSPS) is 17.8. The number of halogens is 1. The molecule has 9 heteroatoms. The summed E-state index contributed by atoms with van der Waals surface area (Å²) in [6.45, 7) is 13.5. The zero-order valence-corrected chi connectivity index (χ0v) is 24.3. The van der Waals surface area contributed by atoms with Gasteiger partial charge in [0.15, 0.2) is 0 Å². The van der Waals surface area contributed by atoms with E-state index >= 15 is 0 Å². The van der Waals surface area contributed by atoms with E-state index in [2.05, 4.69) is 12.1 Å². The summed E-state index contributed by atoms with van der Waals surface area (Å²) in [6.07, 6.45) is 2.96. The predicted molar refractivity (Wildman–Crippen MR) is 146 cm³/mol. The molecule has 0 aromatic heterocycles. The van der Waals surface area contributed by atoms with Crippen molar-refractivity contribution in [2.45, 2.75) is 84.8 Å². The molecule has 0 bridgehead atoms. The first-order valence-corrected chi connectivity index (χ1v) is 13.5. The van der Waals surface area contributed by atoms with Gasteiger partial charge in [-0.3, -0.25) is 0 Å². The molecule has 0 spiro atoms. The number of nitriles is 2. The van der Waals surface area contributed by atoms with Crippen LogP contribution < -0.4 is 0 Å². The van der Waals surface area contributed by atoms with E-state index in [1.807, 2.05) is 65.8 Å². The second-order valence-electron chi connectivity index (χ2n) is 12.0. The molecule has 0 N–H and O–H groups in total. The largest absolute Gasteiger partial charge is 0.444 e. The van der Waals surface area contributed by atoms with E-state index in [0.29, 0.717) is 50.5 Å². The highest BCUT2D eigenvalue weighted by Gasteiger charge is 2.37. The van der Waals surface area contributed by atoms with Crippen LogP contribution in [0.25, 0.3) is 0 Å². The van der Waals surface area contributed by atoms with Gasteiger partial charge < -0.3 is 19.3 Å². The second kappa shape index (κ2) is 13.2. The number of carbonyl (C=O) groups is 2. The molecule has 0 saturated carbocycles. The van der Waals surface area contributed by atoms with Crippen molar-refractivity contribution in [2.75, 3.05) is 26.2 Å². The van der Waals surface area contributed by atoms with Crippen LogP contribution >= 0.6 is 11.6 Å². The fourth-order valence-electron chi connectivity index (χ4n) is 4.28. The van der Waals surface area contributed by atoms with Crippen LogP contribution in [0.4, 0.5) is 9.59 Å². The molecule has 0 aliphatic carbocycles. The third-order valence-electron chi connectivity index (χ3n) is 6.39. The maximum Gasteiger partial charge on any atom is 0.410 e. The number of rotatable bonds is 2. The Bertz CT molecular complexity index is 1020. The summed E-state index contributed by atoms with van der Waals surface area (Å²) in [5.41, 5.74) is -0.263. The van der Waals surface area contributed by atoms with Crippen LogP contribution in [0.1, 0.15) is 72.8 Å². The number of hydrogen-bond donors (Lipinski definition) is 0. The minimum Gasteiger partial charge on any atom is -0.444 e. The van der Waals surface area contributed by atoms with Crippen molar-refractivity contribution < 1.29 is 19.1 Å². The number of ether oxygens (including phenoxy) is 2. The number of hydrogen-bond acceptors (Lipinski definition) is 6. The van der Waals surface area contributed by atoms with Gasteiger partial charge in [0.05, 0.1) is 17.6 Å². The molecule has 2 fully saturated rings. The maximum absolute atomic E-state index is 12.1. The summed E-state index contributed by atoms with van der Waals surface area (Å²) in [5, 5.41) is 19.1. The molecule has 2 saturated heterocycles. The monoisotopic (exact) mass is 544 g/mol. The van der Waals surface area contributed by atoms with Gasteiger partial charge in [-0.1, -0.05) is 23.7 Å². The third-order valence-corrected chi connectivity index (χ3v) is 6.65. The fourth-order valence-corrected chi connectivity index (χ4v) is 4.41. The highest BCUT2D eigenvalue weighted by Crippen LogP contribution is 2.35. The zero-order chi connectivity index (χ0) is 28.6. The number of likely N-dealkylation sites (tertiary alicyclic amines) is 2. The van der Waals surface area contributed by atoms with Crippen LogP contribution in [-0.4, -0.2) is 59.4 Å². The molecule has 0 unspecified atom stereocenters. The Morgan fingerprint density at radius 3 is 1.74 bits per heavy atom. The summed E-state index contributed by atoms with van der Waals surface area (Å²) < 4.78 is 10.7. The van der Waals surface area contributed by atoms with E-state index in [-0.39, 0.29) is 18.1 Å². The minimum absolute atomic E-state index is 0.101. The lowest BCUT2D eigenvalue weighted by Gasteiger charge is -2.38. The van der Waals surface area contributed by atoms with Crippen LogP contribution in [0.5, 0.6) is 0 Å². The van der Waals surface area contributed by atoms with Crippen molar-refractivity contribution in [3.63, 3.8) is 0 Å². The topological polar surface area (TPSA) is 107 Å². The first kappa shape index (κ1) is 31.2. The van der Waals surface area contributed by atoms with Crippen LogP contribution in [-0.2, 0) is 15.9 Å². The van der Waals surface area contributed by atoms with E-state index in [1.54, 1.807) is 9.80 Å². The lowest BCUT2D eigenvalue weighted by atomic mass is 9.75. The van der Waals surface area contributed by atoms with Gasteiger partial charge in [-0.25, -0.2) is 9.59 Å². The molecular weight excluding hydrogens is 504 g/mol. The third kappa shape index (κ3) is 10.4. The number of amides is 2. The summed E-state index contributed by atoms with van der Waals surface area (Å²) in [6, 6.07) is 12.3. The molecule has 2 amide bonds. The summed E-state index contributed by atoms with van der Waals surface area (Å²) in [4.78, 5) is 27.1. The number of carbonyl (C=O) groups excluding carboxylic acids is 2. The molecule has 2 heterocycles. The van der Waals surface area contributed by atoms with Crippen molar-refractivity contribution in [2.24, 2.45) is 11.3 Å². The molecule has 2 aliphatic rings. The molecule has 3 rings (SSSR count). The Morgan fingerprint density at radius 1 is 0.895 bits per heavy atom. The van der Waals surface area contributed by atoms with E-state index in [9.17, 15) is 14.9 Å². The van der Waals surface area contributed by atoms with Crippen molar-refractivity contribution >= 4 is 23.8 Å². The van der Waals surface area contributed by atoms with Crippen molar-refractivity contribution in [1.29, 1.82) is 10.5 Å². The van der Waals surface area contributed by atoms with Crippen molar-refractivity contribution in [3.8, 4) is 12.1 Å². The Morgan fingerprint density at radius 2 is 1.34 bits per heavy atom. The van der Waals surface area contributed by atoms with Crippen LogP contribution in [0, 0.1) is 34.0 Å². The Balaban J connectivity index is 0.000000293. The average molecular weight is 545 g/mol. The minimum atomic E-state index is -0.496. The molecule has 0 radical (unpaired) electrons. The molecule has 8 nitrogen and oxygen atoms in total. The lowest BCUT2D eigenvalue weighted by molar-refractivity contribution is 0.0146. The quantitative estimate of drug-likeness (QED) is 0.416. The van der Waals surface area contributed by atoms with Crippen molar-refractivity contribution in [3.05, 3.63) is 34.9 Å². The van der Waals surface area contributed by atoms with Gasteiger partial charge in [0.2, 0.25) is 0 Å². The van der Waals surface area contributed by atoms with Gasteiger partial charge in [-0.05, 0) is 91.3 Å². The van der Waals surface area contributed by atoms with Gasteiger partial charge >= 0.3 is 12.2 Å². The Hall–Kier alpha value is -2.97. The lowest BCUT2D eigenvalue weighted by Crippen LogP contribution is -2.45. The first-order valence-electron chi connectivity index (χ1n) is 13.2. The van der Waals surface area contributed by atoms with Crippen LogP contribution in [0.15, 0.2) is 24.3 Å². The Kier molecular flexibility index (Phi) is 10.9. The van der Waals surface area contributed by atoms with Gasteiger partial charge in [-0.15, -0.1) is 0 Å². The van der Waals surface area contributed by atoms with E-state index in [0.717, 1.165) is 18.4 Å². The average Bonchev–Trinajstić information content (AvgIpc) is 2.84. The molecule has 2 aliphatic heterocycles. The van der Waals surface area contributed by atoms with E-state index < -0.39 is 16.6 Å². The fraction of sp³-hybridized carbons (Fsp3) is 0.655. The summed E-state index contributed by atoms with van der Waals surface area (Å²) in [7, 11) is 0. The van der Waals surface area contributed by atoms with E-state index in [4.69, 9.17) is 26.3 Å². The SMILES string of the molecule is CC(C)(C)OC(=O)N1CCC(C#N)(Cc2ccc(Cl)cc2)CC1.CC(C)(C)OC(=O)N1CCC(C#N)CC1. The molecular formula is C29H41ClN4O4. The number of benzene rings is 1. The van der Waals surface area contributed by atoms with Crippen LogP contribution in [0.2, 0.25) is 5.02 Å². The molecule has 208 valence electrons. The highest BCUT2D eigenvalue weighted by molar-refractivity contribution is 6.30. The second-order valence-corrected chi connectivity index (χ2v) is 12.5.